The second-order valence-electron chi connectivity index (χ2n) is 7.17. The van der Waals surface area contributed by atoms with E-state index < -0.39 is 11.4 Å². The molecule has 0 radical (unpaired) electrons. The fourth-order valence-electron chi connectivity index (χ4n) is 2.16. The van der Waals surface area contributed by atoms with Crippen LogP contribution in [-0.2, 0) is 27.2 Å². The average Bonchev–Trinajstić information content (AvgIpc) is 2.99. The Bertz CT molecular complexity index is 839. The number of hydrogen-bond donors (Lipinski definition) is 3. The molecule has 0 saturated heterocycles. The Hall–Kier alpha value is -2.74. The first-order valence-electron chi connectivity index (χ1n) is 8.50. The highest BCUT2D eigenvalue weighted by molar-refractivity contribution is 7.13. The zero-order valence-electron chi connectivity index (χ0n) is 15.5. The predicted molar refractivity (Wildman–Crippen MR) is 105 cm³/mol. The number of benzene rings is 1. The van der Waals surface area contributed by atoms with E-state index >= 15 is 0 Å². The molecule has 0 aliphatic rings. The molecule has 2 aromatic rings. The van der Waals surface area contributed by atoms with Gasteiger partial charge in [0.05, 0.1) is 12.1 Å². The minimum absolute atomic E-state index is 0.0410. The van der Waals surface area contributed by atoms with E-state index in [1.54, 1.807) is 23.6 Å². The topological polar surface area (TPSA) is 108 Å². The number of nitrogens with zero attached hydrogens (tertiary/aromatic N) is 1. The molecule has 1 aromatic carbocycles. The number of aliphatic carboxylic acids is 1. The van der Waals surface area contributed by atoms with E-state index in [0.717, 1.165) is 5.56 Å². The van der Waals surface area contributed by atoms with Gasteiger partial charge in [-0.3, -0.25) is 14.4 Å². The first-order chi connectivity index (χ1) is 12.6. The van der Waals surface area contributed by atoms with Crippen LogP contribution >= 0.6 is 11.3 Å². The van der Waals surface area contributed by atoms with Gasteiger partial charge in [0.25, 0.3) is 0 Å². The fourth-order valence-corrected chi connectivity index (χ4v) is 2.86. The van der Waals surface area contributed by atoms with Crippen LogP contribution in [0.4, 0.5) is 10.8 Å². The lowest BCUT2D eigenvalue weighted by Crippen LogP contribution is -2.27. The molecule has 8 heteroatoms. The quantitative estimate of drug-likeness (QED) is 0.673. The van der Waals surface area contributed by atoms with Crippen molar-refractivity contribution in [2.24, 2.45) is 5.41 Å². The molecule has 0 aliphatic carbocycles. The standard InChI is InChI=1S/C19H23N3O4S/c1-19(2,3)17(26)22-18-21-14(11-27-18)10-15(23)20-13-6-4-5-12(9-13)7-8-16(24)25/h4-6,9,11H,7-8,10H2,1-3H3,(H,20,23)(H,24,25)(H,21,22,26). The largest absolute Gasteiger partial charge is 0.481 e. The van der Waals surface area contributed by atoms with Crippen molar-refractivity contribution in [1.29, 1.82) is 0 Å². The van der Waals surface area contributed by atoms with E-state index in [2.05, 4.69) is 15.6 Å². The molecule has 0 fully saturated rings. The lowest BCUT2D eigenvalue weighted by Gasteiger charge is -2.15. The number of carbonyl (C=O) groups is 3. The molecule has 27 heavy (non-hydrogen) atoms. The summed E-state index contributed by atoms with van der Waals surface area (Å²) in [4.78, 5) is 39.1. The molecule has 0 bridgehead atoms. The number of carboxylic acids is 1. The zero-order valence-corrected chi connectivity index (χ0v) is 16.4. The number of hydrogen-bond acceptors (Lipinski definition) is 5. The number of carbonyl (C=O) groups excluding carboxylic acids is 2. The Labute approximate surface area is 161 Å². The van der Waals surface area contributed by atoms with Crippen molar-refractivity contribution in [2.45, 2.75) is 40.0 Å². The van der Waals surface area contributed by atoms with Crippen molar-refractivity contribution in [3.05, 3.63) is 40.9 Å². The van der Waals surface area contributed by atoms with Crippen LogP contribution in [0.25, 0.3) is 0 Å². The summed E-state index contributed by atoms with van der Waals surface area (Å²) >= 11 is 1.28. The average molecular weight is 389 g/mol. The van der Waals surface area contributed by atoms with Gasteiger partial charge in [-0.05, 0) is 24.1 Å². The van der Waals surface area contributed by atoms with Gasteiger partial charge in [-0.2, -0.15) is 0 Å². The summed E-state index contributed by atoms with van der Waals surface area (Å²) in [5.41, 5.74) is 1.51. The van der Waals surface area contributed by atoms with Crippen molar-refractivity contribution >= 4 is 39.9 Å². The fraction of sp³-hybridized carbons (Fsp3) is 0.368. The highest BCUT2D eigenvalue weighted by Crippen LogP contribution is 2.21. The minimum atomic E-state index is -0.859. The summed E-state index contributed by atoms with van der Waals surface area (Å²) in [6.45, 7) is 5.44. The maximum atomic E-state index is 12.2. The second kappa shape index (κ2) is 8.77. The van der Waals surface area contributed by atoms with E-state index in [0.29, 0.717) is 22.9 Å². The molecule has 0 spiro atoms. The van der Waals surface area contributed by atoms with E-state index in [9.17, 15) is 14.4 Å². The van der Waals surface area contributed by atoms with Crippen LogP contribution in [0, 0.1) is 5.41 Å². The number of nitrogens with one attached hydrogen (secondary N) is 2. The third-order valence-electron chi connectivity index (χ3n) is 3.63. The van der Waals surface area contributed by atoms with Gasteiger partial charge >= 0.3 is 5.97 Å². The van der Waals surface area contributed by atoms with Crippen molar-refractivity contribution < 1.29 is 19.5 Å². The molecule has 144 valence electrons. The van der Waals surface area contributed by atoms with Crippen LogP contribution in [0.5, 0.6) is 0 Å². The summed E-state index contributed by atoms with van der Waals surface area (Å²) in [5.74, 6) is -1.22. The van der Waals surface area contributed by atoms with Crippen molar-refractivity contribution in [3.63, 3.8) is 0 Å². The molecule has 7 nitrogen and oxygen atoms in total. The van der Waals surface area contributed by atoms with Crippen LogP contribution in [0.2, 0.25) is 0 Å². The smallest absolute Gasteiger partial charge is 0.303 e. The Balaban J connectivity index is 1.92. The monoisotopic (exact) mass is 389 g/mol. The molecule has 2 rings (SSSR count). The van der Waals surface area contributed by atoms with Gasteiger partial charge in [0.2, 0.25) is 11.8 Å². The summed E-state index contributed by atoms with van der Waals surface area (Å²) in [7, 11) is 0. The number of amides is 2. The second-order valence-corrected chi connectivity index (χ2v) is 8.03. The van der Waals surface area contributed by atoms with Crippen LogP contribution in [0.3, 0.4) is 0 Å². The van der Waals surface area contributed by atoms with E-state index in [1.165, 1.54) is 11.3 Å². The molecular weight excluding hydrogens is 366 g/mol. The maximum Gasteiger partial charge on any atom is 0.303 e. The molecule has 2 amide bonds. The number of aromatic nitrogens is 1. The number of carboxylic acid groups (broad SMARTS) is 1. The van der Waals surface area contributed by atoms with E-state index in [1.807, 2.05) is 26.8 Å². The molecule has 0 saturated carbocycles. The summed E-state index contributed by atoms with van der Waals surface area (Å²) in [6.07, 6.45) is 0.530. The number of aryl methyl sites for hydroxylation is 1. The maximum absolute atomic E-state index is 12.2. The van der Waals surface area contributed by atoms with E-state index in [-0.39, 0.29) is 24.7 Å². The lowest BCUT2D eigenvalue weighted by atomic mass is 9.96. The van der Waals surface area contributed by atoms with Crippen molar-refractivity contribution in [2.75, 3.05) is 10.6 Å². The van der Waals surface area contributed by atoms with Crippen molar-refractivity contribution in [1.82, 2.24) is 4.98 Å². The molecule has 0 atom stereocenters. The normalized spacial score (nSPS) is 11.1. The Kier molecular flexibility index (Phi) is 6.68. The molecule has 0 aliphatic heterocycles. The summed E-state index contributed by atoms with van der Waals surface area (Å²) < 4.78 is 0. The first-order valence-corrected chi connectivity index (χ1v) is 9.38. The van der Waals surface area contributed by atoms with Gasteiger partial charge in [0, 0.05) is 22.9 Å². The predicted octanol–water partition coefficient (Wildman–Crippen LogP) is 3.33. The number of thiazole rings is 1. The van der Waals surface area contributed by atoms with Gasteiger partial charge in [0.15, 0.2) is 5.13 Å². The summed E-state index contributed by atoms with van der Waals surface area (Å²) in [6, 6.07) is 7.11. The van der Waals surface area contributed by atoms with Crippen LogP contribution in [0.15, 0.2) is 29.6 Å². The number of anilines is 2. The molecule has 1 heterocycles. The van der Waals surface area contributed by atoms with Gasteiger partial charge in [-0.25, -0.2) is 4.98 Å². The molecule has 0 unspecified atom stereocenters. The zero-order chi connectivity index (χ0) is 20.0. The highest BCUT2D eigenvalue weighted by Gasteiger charge is 2.22. The van der Waals surface area contributed by atoms with Crippen LogP contribution in [-0.4, -0.2) is 27.9 Å². The first kappa shape index (κ1) is 20.6. The van der Waals surface area contributed by atoms with Gasteiger partial charge < -0.3 is 15.7 Å². The summed E-state index contributed by atoms with van der Waals surface area (Å²) in [5, 5.41) is 16.5. The molecule has 3 N–H and O–H groups in total. The third-order valence-corrected chi connectivity index (χ3v) is 4.44. The van der Waals surface area contributed by atoms with Crippen LogP contribution in [0.1, 0.15) is 38.4 Å². The van der Waals surface area contributed by atoms with Gasteiger partial charge in [-0.15, -0.1) is 11.3 Å². The lowest BCUT2D eigenvalue weighted by molar-refractivity contribution is -0.137. The van der Waals surface area contributed by atoms with Gasteiger partial charge in [0.1, 0.15) is 0 Å². The molecule has 1 aromatic heterocycles. The Morgan fingerprint density at radius 2 is 1.93 bits per heavy atom. The van der Waals surface area contributed by atoms with E-state index in [4.69, 9.17) is 5.11 Å². The van der Waals surface area contributed by atoms with Crippen molar-refractivity contribution in [3.8, 4) is 0 Å². The van der Waals surface area contributed by atoms with Gasteiger partial charge in [-0.1, -0.05) is 32.9 Å². The molecular formula is C19H23N3O4S. The highest BCUT2D eigenvalue weighted by atomic mass is 32.1. The number of rotatable bonds is 7. The van der Waals surface area contributed by atoms with Crippen LogP contribution < -0.4 is 10.6 Å². The Morgan fingerprint density at radius 1 is 1.19 bits per heavy atom. The SMILES string of the molecule is CC(C)(C)C(=O)Nc1nc(CC(=O)Nc2cccc(CCC(=O)O)c2)cs1. The Morgan fingerprint density at radius 3 is 2.59 bits per heavy atom. The minimum Gasteiger partial charge on any atom is -0.481 e. The third kappa shape index (κ3) is 6.82.